The number of allylic oxidation sites excluding steroid dienone is 4. The standard InChI is InChI=1S/C28H23ClN/c1-22(21-30)27(29)19-11-18-26(20-27)28(23-12-5-2-6-13-23,24-14-7-3-8-15-24)25-16-9-4-10-17-25/h2-20,22H,1H3. The third-order valence-corrected chi connectivity index (χ3v) is 6.48. The van der Waals surface area contributed by atoms with Crippen LogP contribution in [0.2, 0.25) is 0 Å². The Morgan fingerprint density at radius 2 is 1.23 bits per heavy atom. The van der Waals surface area contributed by atoms with E-state index in [0.29, 0.717) is 0 Å². The Morgan fingerprint density at radius 3 is 1.63 bits per heavy atom. The number of hydrogen-bond acceptors (Lipinski definition) is 1. The fourth-order valence-electron chi connectivity index (χ4n) is 4.30. The average Bonchev–Trinajstić information content (AvgIpc) is 2.81. The molecule has 0 N–H and O–H groups in total. The predicted octanol–water partition coefficient (Wildman–Crippen LogP) is 6.86. The second-order valence-corrected chi connectivity index (χ2v) is 8.31. The molecule has 0 aromatic heterocycles. The number of alkyl halides is 1. The maximum atomic E-state index is 9.58. The van der Waals surface area contributed by atoms with Crippen molar-refractivity contribution in [1.82, 2.24) is 0 Å². The van der Waals surface area contributed by atoms with Crippen LogP contribution in [0.5, 0.6) is 0 Å². The number of hydrogen-bond donors (Lipinski definition) is 0. The van der Waals surface area contributed by atoms with Gasteiger partial charge in [-0.2, -0.15) is 5.26 Å². The minimum atomic E-state index is -0.859. The van der Waals surface area contributed by atoms with Gasteiger partial charge in [-0.1, -0.05) is 109 Å². The molecule has 3 aromatic rings. The maximum Gasteiger partial charge on any atom is 0.0855 e. The molecule has 0 fully saturated rings. The summed E-state index contributed by atoms with van der Waals surface area (Å²) in [5, 5.41) is 9.58. The minimum absolute atomic E-state index is 0.362. The molecule has 0 amide bonds. The van der Waals surface area contributed by atoms with E-state index in [1.807, 2.05) is 37.6 Å². The SMILES string of the molecule is CC(C#N)C1(Cl)[CH]C=CC(C(c2ccccc2)(c2ccccc2)c2ccccc2)=C1. The van der Waals surface area contributed by atoms with Crippen LogP contribution in [0.3, 0.4) is 0 Å². The van der Waals surface area contributed by atoms with Gasteiger partial charge in [0, 0.05) is 6.42 Å². The quantitative estimate of drug-likeness (QED) is 0.334. The summed E-state index contributed by atoms with van der Waals surface area (Å²) in [6.07, 6.45) is 8.09. The molecule has 0 aliphatic heterocycles. The van der Waals surface area contributed by atoms with Crippen molar-refractivity contribution in [3.05, 3.63) is 138 Å². The van der Waals surface area contributed by atoms with E-state index in [4.69, 9.17) is 11.6 Å². The van der Waals surface area contributed by atoms with E-state index in [2.05, 4.69) is 91.0 Å². The molecule has 2 heteroatoms. The summed E-state index contributed by atoms with van der Waals surface area (Å²) in [5.41, 5.74) is 3.98. The first kappa shape index (κ1) is 20.2. The molecule has 2 unspecified atom stereocenters. The Morgan fingerprint density at radius 1 is 0.800 bits per heavy atom. The Hall–Kier alpha value is -3.08. The van der Waals surface area contributed by atoms with E-state index in [9.17, 15) is 5.26 Å². The van der Waals surface area contributed by atoms with Gasteiger partial charge in [0.25, 0.3) is 0 Å². The van der Waals surface area contributed by atoms with Crippen LogP contribution in [0, 0.1) is 23.7 Å². The van der Waals surface area contributed by atoms with Gasteiger partial charge in [-0.15, -0.1) is 11.6 Å². The second-order valence-electron chi connectivity index (χ2n) is 7.65. The zero-order valence-corrected chi connectivity index (χ0v) is 17.6. The highest BCUT2D eigenvalue weighted by molar-refractivity contribution is 6.27. The van der Waals surface area contributed by atoms with E-state index in [1.165, 1.54) is 0 Å². The van der Waals surface area contributed by atoms with Gasteiger partial charge in [0.15, 0.2) is 0 Å². The van der Waals surface area contributed by atoms with Gasteiger partial charge in [-0.25, -0.2) is 0 Å². The van der Waals surface area contributed by atoms with E-state index >= 15 is 0 Å². The summed E-state index contributed by atoms with van der Waals surface area (Å²) in [5.74, 6) is -0.362. The topological polar surface area (TPSA) is 23.8 Å². The lowest BCUT2D eigenvalue weighted by atomic mass is 9.62. The van der Waals surface area contributed by atoms with Gasteiger partial charge in [0.05, 0.1) is 22.3 Å². The fraction of sp³-hybridized carbons (Fsp3) is 0.143. The normalized spacial score (nSPS) is 19.6. The van der Waals surface area contributed by atoms with Crippen LogP contribution in [-0.2, 0) is 5.41 Å². The van der Waals surface area contributed by atoms with Crippen molar-refractivity contribution in [3.63, 3.8) is 0 Å². The van der Waals surface area contributed by atoms with Crippen molar-refractivity contribution in [1.29, 1.82) is 5.26 Å². The van der Waals surface area contributed by atoms with E-state index in [1.54, 1.807) is 0 Å². The van der Waals surface area contributed by atoms with E-state index in [0.717, 1.165) is 22.3 Å². The molecule has 3 aromatic carbocycles. The van der Waals surface area contributed by atoms with Gasteiger partial charge in [-0.3, -0.25) is 0 Å². The van der Waals surface area contributed by atoms with E-state index < -0.39 is 10.3 Å². The molecule has 2 atom stereocenters. The first-order chi connectivity index (χ1) is 14.6. The average molecular weight is 409 g/mol. The van der Waals surface area contributed by atoms with Crippen LogP contribution in [0.15, 0.2) is 115 Å². The van der Waals surface area contributed by atoms with Crippen LogP contribution >= 0.6 is 11.6 Å². The Bertz CT molecular complexity index is 997. The van der Waals surface area contributed by atoms with Crippen molar-refractivity contribution in [2.45, 2.75) is 17.2 Å². The van der Waals surface area contributed by atoms with Crippen LogP contribution < -0.4 is 0 Å². The largest absolute Gasteiger partial charge is 0.198 e. The second kappa shape index (κ2) is 8.34. The first-order valence-corrected chi connectivity index (χ1v) is 10.5. The van der Waals surface area contributed by atoms with Gasteiger partial charge in [-0.05, 0) is 29.2 Å². The molecule has 0 heterocycles. The molecule has 1 nitrogen and oxygen atoms in total. The number of nitrogens with zero attached hydrogens (tertiary/aromatic N) is 1. The summed E-state index contributed by atoms with van der Waals surface area (Å²) in [6.45, 7) is 1.87. The summed E-state index contributed by atoms with van der Waals surface area (Å²) in [7, 11) is 0. The molecule has 0 bridgehead atoms. The number of nitriles is 1. The minimum Gasteiger partial charge on any atom is -0.198 e. The molecule has 4 rings (SSSR count). The highest BCUT2D eigenvalue weighted by Crippen LogP contribution is 2.49. The van der Waals surface area contributed by atoms with Crippen molar-refractivity contribution in [3.8, 4) is 6.07 Å². The number of benzene rings is 3. The maximum absolute atomic E-state index is 9.58. The predicted molar refractivity (Wildman–Crippen MR) is 124 cm³/mol. The monoisotopic (exact) mass is 408 g/mol. The van der Waals surface area contributed by atoms with Gasteiger partial charge in [0.2, 0.25) is 0 Å². The highest BCUT2D eigenvalue weighted by Gasteiger charge is 2.43. The molecule has 1 aliphatic rings. The lowest BCUT2D eigenvalue weighted by Gasteiger charge is -2.40. The third-order valence-electron chi connectivity index (χ3n) is 5.91. The third kappa shape index (κ3) is 3.38. The Kier molecular flexibility index (Phi) is 5.62. The summed E-state index contributed by atoms with van der Waals surface area (Å²) in [6, 6.07) is 33.8. The lowest BCUT2D eigenvalue weighted by molar-refractivity contribution is 0.615. The van der Waals surface area contributed by atoms with E-state index in [-0.39, 0.29) is 5.92 Å². The smallest absolute Gasteiger partial charge is 0.0855 e. The van der Waals surface area contributed by atoms with Crippen molar-refractivity contribution < 1.29 is 0 Å². The van der Waals surface area contributed by atoms with Gasteiger partial charge < -0.3 is 0 Å². The van der Waals surface area contributed by atoms with Gasteiger partial charge >= 0.3 is 0 Å². The number of halogens is 1. The summed E-state index contributed by atoms with van der Waals surface area (Å²) < 4.78 is 0. The molecular weight excluding hydrogens is 386 g/mol. The molecule has 30 heavy (non-hydrogen) atoms. The Labute approximate surface area is 184 Å². The molecular formula is C28H23ClN. The van der Waals surface area contributed by atoms with Crippen LogP contribution in [0.4, 0.5) is 0 Å². The van der Waals surface area contributed by atoms with Crippen molar-refractivity contribution in [2.24, 2.45) is 5.92 Å². The summed E-state index contributed by atoms with van der Waals surface area (Å²) >= 11 is 6.98. The zero-order valence-electron chi connectivity index (χ0n) is 16.9. The van der Waals surface area contributed by atoms with Crippen molar-refractivity contribution in [2.75, 3.05) is 0 Å². The van der Waals surface area contributed by atoms with Crippen LogP contribution in [-0.4, -0.2) is 4.87 Å². The highest BCUT2D eigenvalue weighted by atomic mass is 35.5. The molecule has 0 spiro atoms. The zero-order chi connectivity index (χ0) is 21.0. The summed E-state index contributed by atoms with van der Waals surface area (Å²) in [4.78, 5) is -0.859. The van der Waals surface area contributed by atoms with Crippen molar-refractivity contribution >= 4 is 11.6 Å². The molecule has 1 radical (unpaired) electrons. The van der Waals surface area contributed by atoms with Gasteiger partial charge in [0.1, 0.15) is 0 Å². The molecule has 0 saturated heterocycles. The fourth-order valence-corrected chi connectivity index (χ4v) is 4.54. The first-order valence-electron chi connectivity index (χ1n) is 10.1. The van der Waals surface area contributed by atoms with Crippen LogP contribution in [0.1, 0.15) is 23.6 Å². The van der Waals surface area contributed by atoms with Crippen LogP contribution in [0.25, 0.3) is 0 Å². The molecule has 147 valence electrons. The Balaban J connectivity index is 2.09. The number of rotatable bonds is 5. The lowest BCUT2D eigenvalue weighted by Crippen LogP contribution is -2.36. The molecule has 0 saturated carbocycles. The molecule has 1 aliphatic carbocycles.